The van der Waals surface area contributed by atoms with E-state index in [9.17, 15) is 9.59 Å². The van der Waals surface area contributed by atoms with Gasteiger partial charge in [0.05, 0.1) is 17.3 Å². The molecule has 4 rings (SSSR count). The Kier molecular flexibility index (Phi) is 5.55. The number of halogens is 1. The molecule has 2 aromatic heterocycles. The second kappa shape index (κ2) is 8.42. The highest BCUT2D eigenvalue weighted by atomic mass is 35.5. The number of hydrogen-bond acceptors (Lipinski definition) is 6. The van der Waals surface area contributed by atoms with Gasteiger partial charge in [-0.25, -0.2) is 4.98 Å². The molecule has 0 radical (unpaired) electrons. The Labute approximate surface area is 174 Å². The van der Waals surface area contributed by atoms with Crippen molar-refractivity contribution in [3.8, 4) is 16.3 Å². The molecular formula is C20H15ClN4O3S. The van der Waals surface area contributed by atoms with Crippen molar-refractivity contribution in [2.75, 3.05) is 6.61 Å². The van der Waals surface area contributed by atoms with Crippen LogP contribution in [0.5, 0.6) is 5.75 Å². The van der Waals surface area contributed by atoms with Gasteiger partial charge in [0.2, 0.25) is 4.96 Å². The van der Waals surface area contributed by atoms with Crippen molar-refractivity contribution in [1.82, 2.24) is 19.9 Å². The Morgan fingerprint density at radius 2 is 1.90 bits per heavy atom. The van der Waals surface area contributed by atoms with E-state index in [0.29, 0.717) is 26.4 Å². The third kappa shape index (κ3) is 4.44. The molecule has 0 aliphatic heterocycles. The molecule has 0 aliphatic rings. The number of hydrogen-bond donors (Lipinski definition) is 1. The summed E-state index contributed by atoms with van der Waals surface area (Å²) in [6.45, 7) is -0.00942. The van der Waals surface area contributed by atoms with Crippen molar-refractivity contribution < 1.29 is 9.53 Å². The lowest BCUT2D eigenvalue weighted by molar-refractivity contribution is -0.123. The minimum absolute atomic E-state index is 0.113. The topological polar surface area (TPSA) is 85.6 Å². The first-order valence-electron chi connectivity index (χ1n) is 8.69. The fourth-order valence-corrected chi connectivity index (χ4v) is 3.84. The average Bonchev–Trinajstić information content (AvgIpc) is 3.16. The van der Waals surface area contributed by atoms with Crippen LogP contribution in [0.4, 0.5) is 0 Å². The van der Waals surface area contributed by atoms with Crippen LogP contribution in [0.25, 0.3) is 15.5 Å². The minimum Gasteiger partial charge on any atom is -0.484 e. The molecule has 0 fully saturated rings. The fourth-order valence-electron chi connectivity index (χ4n) is 2.60. The highest BCUT2D eigenvalue weighted by Crippen LogP contribution is 2.30. The van der Waals surface area contributed by atoms with Gasteiger partial charge in [0, 0.05) is 11.6 Å². The molecule has 2 aromatic carbocycles. The maximum absolute atomic E-state index is 12.4. The number of aromatic nitrogens is 3. The molecular weight excluding hydrogens is 412 g/mol. The normalized spacial score (nSPS) is 10.8. The van der Waals surface area contributed by atoms with Crippen molar-refractivity contribution in [3.05, 3.63) is 81.7 Å². The average molecular weight is 427 g/mol. The first-order chi connectivity index (χ1) is 14.1. The third-order valence-corrected chi connectivity index (χ3v) is 5.25. The van der Waals surface area contributed by atoms with Crippen LogP contribution in [0.3, 0.4) is 0 Å². The molecule has 0 atom stereocenters. The monoisotopic (exact) mass is 426 g/mol. The molecule has 0 spiro atoms. The Balaban J connectivity index is 1.46. The van der Waals surface area contributed by atoms with Gasteiger partial charge in [-0.2, -0.15) is 9.61 Å². The van der Waals surface area contributed by atoms with Gasteiger partial charge in [-0.15, -0.1) is 0 Å². The molecule has 1 N–H and O–H groups in total. The molecule has 0 saturated carbocycles. The lowest BCUT2D eigenvalue weighted by Crippen LogP contribution is -2.29. The van der Waals surface area contributed by atoms with Crippen molar-refractivity contribution in [1.29, 1.82) is 0 Å². The zero-order valence-corrected chi connectivity index (χ0v) is 16.6. The first kappa shape index (κ1) is 19.1. The summed E-state index contributed by atoms with van der Waals surface area (Å²) in [6.07, 6.45) is 0. The van der Waals surface area contributed by atoms with Crippen LogP contribution < -0.4 is 15.6 Å². The number of nitrogens with zero attached hydrogens (tertiary/aromatic N) is 3. The molecule has 146 valence electrons. The number of amides is 1. The van der Waals surface area contributed by atoms with E-state index in [0.717, 1.165) is 5.56 Å². The predicted molar refractivity (Wildman–Crippen MR) is 111 cm³/mol. The molecule has 0 saturated heterocycles. The van der Waals surface area contributed by atoms with Crippen molar-refractivity contribution in [2.24, 2.45) is 0 Å². The van der Waals surface area contributed by atoms with E-state index in [2.05, 4.69) is 15.4 Å². The molecule has 1 amide bonds. The fraction of sp³-hybridized carbons (Fsp3) is 0.100. The van der Waals surface area contributed by atoms with Gasteiger partial charge < -0.3 is 10.1 Å². The van der Waals surface area contributed by atoms with Crippen LogP contribution in [0.1, 0.15) is 5.69 Å². The lowest BCUT2D eigenvalue weighted by atomic mass is 10.2. The molecule has 0 bridgehead atoms. The predicted octanol–water partition coefficient (Wildman–Crippen LogP) is 3.17. The minimum atomic E-state index is -0.325. The van der Waals surface area contributed by atoms with Gasteiger partial charge in [-0.3, -0.25) is 9.59 Å². The van der Waals surface area contributed by atoms with Crippen LogP contribution in [0.15, 0.2) is 65.5 Å². The third-order valence-electron chi connectivity index (χ3n) is 3.98. The van der Waals surface area contributed by atoms with Crippen LogP contribution in [0, 0.1) is 0 Å². The van der Waals surface area contributed by atoms with E-state index in [-0.39, 0.29) is 24.6 Å². The van der Waals surface area contributed by atoms with Gasteiger partial charge in [0.25, 0.3) is 11.5 Å². The lowest BCUT2D eigenvalue weighted by Gasteiger charge is -2.07. The number of rotatable bonds is 6. The summed E-state index contributed by atoms with van der Waals surface area (Å²) < 4.78 is 6.62. The Morgan fingerprint density at radius 1 is 1.14 bits per heavy atom. The number of fused-ring (bicyclic) bond motifs is 1. The zero-order chi connectivity index (χ0) is 20.2. The first-order valence-corrected chi connectivity index (χ1v) is 9.89. The SMILES string of the molecule is O=C(COc1ccccc1)NCc1cc(=O)n2nc(-c3ccccc3Cl)sc2n1. The van der Waals surface area contributed by atoms with Gasteiger partial charge in [-0.1, -0.05) is 59.3 Å². The van der Waals surface area contributed by atoms with E-state index in [1.54, 1.807) is 18.2 Å². The standard InChI is InChI=1S/C20H15ClN4O3S/c21-16-9-5-4-8-15(16)19-24-25-18(27)10-13(23-20(25)29-19)11-22-17(26)12-28-14-6-2-1-3-7-14/h1-10H,11-12H2,(H,22,26). The van der Waals surface area contributed by atoms with Crippen LogP contribution in [-0.4, -0.2) is 27.1 Å². The maximum Gasteiger partial charge on any atom is 0.275 e. The van der Waals surface area contributed by atoms with Gasteiger partial charge in [0.1, 0.15) is 10.8 Å². The van der Waals surface area contributed by atoms with E-state index >= 15 is 0 Å². The van der Waals surface area contributed by atoms with Crippen LogP contribution in [-0.2, 0) is 11.3 Å². The van der Waals surface area contributed by atoms with Crippen molar-refractivity contribution in [3.63, 3.8) is 0 Å². The molecule has 2 heterocycles. The summed E-state index contributed by atoms with van der Waals surface area (Å²) >= 11 is 7.47. The highest BCUT2D eigenvalue weighted by molar-refractivity contribution is 7.19. The van der Waals surface area contributed by atoms with Crippen LogP contribution >= 0.6 is 22.9 Å². The molecule has 29 heavy (non-hydrogen) atoms. The number of benzene rings is 2. The maximum atomic E-state index is 12.4. The van der Waals surface area contributed by atoms with Gasteiger partial charge in [-0.05, 0) is 18.2 Å². The second-order valence-corrected chi connectivity index (χ2v) is 7.41. The zero-order valence-electron chi connectivity index (χ0n) is 15.0. The number of ether oxygens (including phenoxy) is 1. The smallest absolute Gasteiger partial charge is 0.275 e. The molecule has 0 unspecified atom stereocenters. The van der Waals surface area contributed by atoms with E-state index in [4.69, 9.17) is 16.3 Å². The van der Waals surface area contributed by atoms with Crippen molar-refractivity contribution in [2.45, 2.75) is 6.54 Å². The van der Waals surface area contributed by atoms with E-state index < -0.39 is 0 Å². The summed E-state index contributed by atoms with van der Waals surface area (Å²) in [6, 6.07) is 17.7. The summed E-state index contributed by atoms with van der Waals surface area (Å²) in [5.74, 6) is 0.300. The molecule has 7 nitrogen and oxygen atoms in total. The Morgan fingerprint density at radius 3 is 2.69 bits per heavy atom. The summed E-state index contributed by atoms with van der Waals surface area (Å²) in [4.78, 5) is 29.2. The van der Waals surface area contributed by atoms with E-state index in [1.807, 2.05) is 36.4 Å². The summed E-state index contributed by atoms with van der Waals surface area (Å²) in [5, 5.41) is 8.15. The van der Waals surface area contributed by atoms with Gasteiger partial charge in [0.15, 0.2) is 6.61 Å². The molecule has 4 aromatic rings. The number of carbonyl (C=O) groups excluding carboxylic acids is 1. The second-order valence-electron chi connectivity index (χ2n) is 6.05. The summed E-state index contributed by atoms with van der Waals surface area (Å²) in [5.41, 5.74) is 0.851. The summed E-state index contributed by atoms with van der Waals surface area (Å²) in [7, 11) is 0. The number of para-hydroxylation sites is 1. The number of nitrogens with one attached hydrogen (secondary N) is 1. The van der Waals surface area contributed by atoms with Crippen LogP contribution in [0.2, 0.25) is 5.02 Å². The van der Waals surface area contributed by atoms with Crippen molar-refractivity contribution >= 4 is 33.8 Å². The Hall–Kier alpha value is -3.23. The Bertz CT molecular complexity index is 1220. The number of carbonyl (C=O) groups is 1. The van der Waals surface area contributed by atoms with E-state index in [1.165, 1.54) is 21.9 Å². The van der Waals surface area contributed by atoms with Gasteiger partial charge >= 0.3 is 0 Å². The highest BCUT2D eigenvalue weighted by Gasteiger charge is 2.13. The largest absolute Gasteiger partial charge is 0.484 e. The quantitative estimate of drug-likeness (QED) is 0.512. The molecule has 9 heteroatoms. The molecule has 0 aliphatic carbocycles.